The topological polar surface area (TPSA) is 86.1 Å². The number of halogens is 1. The Balaban J connectivity index is 1.71. The molecule has 2 atom stereocenters. The quantitative estimate of drug-likeness (QED) is 0.833. The highest BCUT2D eigenvalue weighted by Crippen LogP contribution is 2.30. The summed E-state index contributed by atoms with van der Waals surface area (Å²) in [5, 5.41) is 4.28. The molecule has 0 aliphatic carbocycles. The van der Waals surface area contributed by atoms with Crippen LogP contribution in [0.2, 0.25) is 5.02 Å². The first kappa shape index (κ1) is 16.8. The van der Waals surface area contributed by atoms with Crippen LogP contribution in [0.1, 0.15) is 23.7 Å². The molecule has 7 nitrogen and oxygen atoms in total. The SMILES string of the molecule is C[C@H]1C[C@H](NC(=O)c2cnc(Sc3nccn3C)c(Cl)c2)C(=O)O1. The summed E-state index contributed by atoms with van der Waals surface area (Å²) in [6, 6.07) is 0.895. The summed E-state index contributed by atoms with van der Waals surface area (Å²) in [6.45, 7) is 1.78. The molecule has 1 amide bonds. The number of aromatic nitrogens is 3. The van der Waals surface area contributed by atoms with Gasteiger partial charge in [0.2, 0.25) is 0 Å². The second-order valence-corrected chi connectivity index (χ2v) is 6.81. The molecule has 0 radical (unpaired) electrons. The fraction of sp³-hybridized carbons (Fsp3) is 0.333. The first-order valence-corrected chi connectivity index (χ1v) is 8.45. The number of pyridine rings is 1. The second kappa shape index (κ2) is 6.82. The minimum absolute atomic E-state index is 0.193. The van der Waals surface area contributed by atoms with E-state index < -0.39 is 17.9 Å². The van der Waals surface area contributed by atoms with E-state index in [1.54, 1.807) is 13.1 Å². The van der Waals surface area contributed by atoms with E-state index in [9.17, 15) is 9.59 Å². The molecule has 0 bridgehead atoms. The largest absolute Gasteiger partial charge is 0.461 e. The number of imidazole rings is 1. The van der Waals surface area contributed by atoms with Crippen LogP contribution in [0, 0.1) is 0 Å². The summed E-state index contributed by atoms with van der Waals surface area (Å²) >= 11 is 7.52. The van der Waals surface area contributed by atoms with Crippen LogP contribution in [-0.4, -0.2) is 38.6 Å². The molecular weight excluding hydrogens is 352 g/mol. The third-order valence-electron chi connectivity index (χ3n) is 3.51. The molecule has 1 fully saturated rings. The van der Waals surface area contributed by atoms with E-state index in [-0.39, 0.29) is 11.7 Å². The van der Waals surface area contributed by atoms with Crippen molar-refractivity contribution in [3.63, 3.8) is 0 Å². The fourth-order valence-corrected chi connectivity index (χ4v) is 3.31. The molecule has 3 rings (SSSR count). The van der Waals surface area contributed by atoms with Gasteiger partial charge in [0.1, 0.15) is 17.2 Å². The van der Waals surface area contributed by atoms with Crippen LogP contribution < -0.4 is 5.32 Å². The summed E-state index contributed by atoms with van der Waals surface area (Å²) in [4.78, 5) is 32.3. The minimum Gasteiger partial charge on any atom is -0.461 e. The summed E-state index contributed by atoms with van der Waals surface area (Å²) in [5.74, 6) is -0.828. The smallest absolute Gasteiger partial charge is 0.329 e. The first-order chi connectivity index (χ1) is 11.4. The maximum atomic E-state index is 12.2. The molecular formula is C15H15ClN4O3S. The Labute approximate surface area is 147 Å². The molecule has 2 aromatic rings. The number of amides is 1. The van der Waals surface area contributed by atoms with Crippen LogP contribution in [-0.2, 0) is 16.6 Å². The number of cyclic esters (lactones) is 1. The Bertz CT molecular complexity index is 795. The molecule has 0 saturated carbocycles. The Hall–Kier alpha value is -2.06. The van der Waals surface area contributed by atoms with Crippen LogP contribution in [0.5, 0.6) is 0 Å². The maximum Gasteiger partial charge on any atom is 0.329 e. The lowest BCUT2D eigenvalue weighted by molar-refractivity contribution is -0.142. The second-order valence-electron chi connectivity index (χ2n) is 5.44. The van der Waals surface area contributed by atoms with E-state index in [1.165, 1.54) is 24.0 Å². The minimum atomic E-state index is -0.632. The van der Waals surface area contributed by atoms with Crippen molar-refractivity contribution in [1.82, 2.24) is 19.9 Å². The van der Waals surface area contributed by atoms with Gasteiger partial charge in [0, 0.05) is 32.1 Å². The van der Waals surface area contributed by atoms with Gasteiger partial charge in [-0.05, 0) is 24.8 Å². The molecule has 0 aromatic carbocycles. The number of nitrogens with zero attached hydrogens (tertiary/aromatic N) is 3. The summed E-state index contributed by atoms with van der Waals surface area (Å²) in [6.07, 6.45) is 5.19. The lowest BCUT2D eigenvalue weighted by atomic mass is 10.1. The van der Waals surface area contributed by atoms with Crippen molar-refractivity contribution in [3.05, 3.63) is 35.2 Å². The highest BCUT2D eigenvalue weighted by atomic mass is 35.5. The fourth-order valence-electron chi connectivity index (χ4n) is 2.28. The molecule has 1 saturated heterocycles. The number of carbonyl (C=O) groups is 2. The third kappa shape index (κ3) is 3.54. The number of esters is 1. The van der Waals surface area contributed by atoms with E-state index in [1.807, 2.05) is 17.8 Å². The van der Waals surface area contributed by atoms with Crippen molar-refractivity contribution in [1.29, 1.82) is 0 Å². The highest BCUT2D eigenvalue weighted by Gasteiger charge is 2.33. The molecule has 9 heteroatoms. The monoisotopic (exact) mass is 366 g/mol. The van der Waals surface area contributed by atoms with Crippen LogP contribution in [0.4, 0.5) is 0 Å². The summed E-state index contributed by atoms with van der Waals surface area (Å²) < 4.78 is 6.86. The van der Waals surface area contributed by atoms with Crippen molar-refractivity contribution >= 4 is 35.2 Å². The molecule has 1 aliphatic heterocycles. The Morgan fingerprint density at radius 3 is 2.88 bits per heavy atom. The van der Waals surface area contributed by atoms with Gasteiger partial charge >= 0.3 is 5.97 Å². The van der Waals surface area contributed by atoms with Crippen LogP contribution >= 0.6 is 23.4 Å². The number of ether oxygens (including phenoxy) is 1. The van der Waals surface area contributed by atoms with Crippen molar-refractivity contribution in [2.75, 3.05) is 0 Å². The molecule has 0 spiro atoms. The van der Waals surface area contributed by atoms with Gasteiger partial charge in [0.05, 0.1) is 10.6 Å². The maximum absolute atomic E-state index is 12.2. The van der Waals surface area contributed by atoms with E-state index in [0.717, 1.165) is 5.16 Å². The van der Waals surface area contributed by atoms with Gasteiger partial charge in [0.15, 0.2) is 5.16 Å². The number of hydrogen-bond donors (Lipinski definition) is 1. The predicted molar refractivity (Wildman–Crippen MR) is 88.0 cm³/mol. The van der Waals surface area contributed by atoms with Crippen molar-refractivity contribution in [2.45, 2.75) is 35.7 Å². The zero-order valence-electron chi connectivity index (χ0n) is 13.0. The van der Waals surface area contributed by atoms with Crippen LogP contribution in [0.3, 0.4) is 0 Å². The predicted octanol–water partition coefficient (Wildman–Crippen LogP) is 2.05. The highest BCUT2D eigenvalue weighted by molar-refractivity contribution is 7.99. The number of rotatable bonds is 4. The first-order valence-electron chi connectivity index (χ1n) is 7.26. The molecule has 3 heterocycles. The summed E-state index contributed by atoms with van der Waals surface area (Å²) in [7, 11) is 1.87. The van der Waals surface area contributed by atoms with Crippen molar-refractivity contribution in [2.24, 2.45) is 7.05 Å². The molecule has 2 aromatic heterocycles. The average Bonchev–Trinajstić information content (AvgIpc) is 3.07. The lowest BCUT2D eigenvalue weighted by Gasteiger charge is -2.10. The third-order valence-corrected chi connectivity index (χ3v) is 5.00. The van der Waals surface area contributed by atoms with Gasteiger partial charge < -0.3 is 14.6 Å². The Morgan fingerprint density at radius 1 is 1.50 bits per heavy atom. The van der Waals surface area contributed by atoms with Gasteiger partial charge in [-0.3, -0.25) is 4.79 Å². The van der Waals surface area contributed by atoms with E-state index in [0.29, 0.717) is 16.5 Å². The number of carbonyl (C=O) groups excluding carboxylic acids is 2. The Morgan fingerprint density at radius 2 is 2.29 bits per heavy atom. The van der Waals surface area contributed by atoms with Crippen LogP contribution in [0.25, 0.3) is 0 Å². The molecule has 0 unspecified atom stereocenters. The molecule has 126 valence electrons. The zero-order chi connectivity index (χ0) is 17.3. The number of aryl methyl sites for hydroxylation is 1. The zero-order valence-corrected chi connectivity index (χ0v) is 14.6. The lowest BCUT2D eigenvalue weighted by Crippen LogP contribution is -2.38. The van der Waals surface area contributed by atoms with Crippen molar-refractivity contribution < 1.29 is 14.3 Å². The average molecular weight is 367 g/mol. The molecule has 1 N–H and O–H groups in total. The summed E-state index contributed by atoms with van der Waals surface area (Å²) in [5.41, 5.74) is 0.288. The normalized spacial score (nSPS) is 20.0. The Kier molecular flexibility index (Phi) is 4.77. The number of nitrogens with one attached hydrogen (secondary N) is 1. The van der Waals surface area contributed by atoms with E-state index in [2.05, 4.69) is 15.3 Å². The number of hydrogen-bond acceptors (Lipinski definition) is 6. The van der Waals surface area contributed by atoms with Gasteiger partial charge in [-0.1, -0.05) is 11.6 Å². The van der Waals surface area contributed by atoms with Gasteiger partial charge in [-0.2, -0.15) is 0 Å². The van der Waals surface area contributed by atoms with Crippen molar-refractivity contribution in [3.8, 4) is 0 Å². The van der Waals surface area contributed by atoms with E-state index in [4.69, 9.17) is 16.3 Å². The van der Waals surface area contributed by atoms with E-state index >= 15 is 0 Å². The van der Waals surface area contributed by atoms with Crippen LogP contribution in [0.15, 0.2) is 34.8 Å². The van der Waals surface area contributed by atoms with Gasteiger partial charge in [-0.25, -0.2) is 14.8 Å². The van der Waals surface area contributed by atoms with Gasteiger partial charge in [0.25, 0.3) is 5.91 Å². The van der Waals surface area contributed by atoms with Gasteiger partial charge in [-0.15, -0.1) is 0 Å². The molecule has 1 aliphatic rings. The standard InChI is InChI=1S/C15H15ClN4O3S/c1-8-5-11(14(22)23-8)19-12(21)9-6-10(16)13(18-7-9)24-15-17-3-4-20(15)2/h3-4,6-8,11H,5H2,1-2H3,(H,19,21)/t8-,11-/m0/s1. The molecule has 24 heavy (non-hydrogen) atoms.